The van der Waals surface area contributed by atoms with Gasteiger partial charge in [0.1, 0.15) is 5.82 Å². The van der Waals surface area contributed by atoms with E-state index in [-0.39, 0.29) is 5.92 Å². The highest BCUT2D eigenvalue weighted by molar-refractivity contribution is 5.79. The van der Waals surface area contributed by atoms with Crippen LogP contribution < -0.4 is 5.32 Å². The predicted molar refractivity (Wildman–Crippen MR) is 95.0 cm³/mol. The van der Waals surface area contributed by atoms with Crippen molar-refractivity contribution in [2.45, 2.75) is 51.0 Å². The summed E-state index contributed by atoms with van der Waals surface area (Å²) >= 11 is 0. The lowest BCUT2D eigenvalue weighted by Crippen LogP contribution is -2.47. The number of nitrogens with zero attached hydrogens (tertiary/aromatic N) is 2. The molecule has 0 bridgehead atoms. The zero-order valence-corrected chi connectivity index (χ0v) is 14.7. The molecule has 24 heavy (non-hydrogen) atoms. The SMILES string of the molecule is CNc1cccc(CCC2CCCCN2C(=O)C2CCOCC2)n1. The van der Waals surface area contributed by atoms with E-state index in [0.29, 0.717) is 11.9 Å². The molecule has 0 saturated carbocycles. The van der Waals surface area contributed by atoms with Crippen LogP contribution in [0.4, 0.5) is 5.82 Å². The minimum absolute atomic E-state index is 0.171. The number of aromatic nitrogens is 1. The largest absolute Gasteiger partial charge is 0.381 e. The standard InChI is InChI=1S/C19H29N3O2/c1-20-18-7-4-5-16(21-18)8-9-17-6-2-3-12-22(17)19(23)15-10-13-24-14-11-15/h4-5,7,15,17H,2-3,6,8-14H2,1H3,(H,20,21). The Kier molecular flexibility index (Phi) is 6.07. The maximum atomic E-state index is 12.9. The Balaban J connectivity index is 1.60. The maximum absolute atomic E-state index is 12.9. The van der Waals surface area contributed by atoms with E-state index in [0.717, 1.165) is 69.8 Å². The molecule has 0 aromatic carbocycles. The van der Waals surface area contributed by atoms with Gasteiger partial charge < -0.3 is 15.0 Å². The lowest BCUT2D eigenvalue weighted by atomic mass is 9.92. The fourth-order valence-corrected chi connectivity index (χ4v) is 3.84. The normalized spacial score (nSPS) is 22.4. The molecule has 2 saturated heterocycles. The second-order valence-electron chi connectivity index (χ2n) is 6.87. The number of carbonyl (C=O) groups excluding carboxylic acids is 1. The third-order valence-electron chi connectivity index (χ3n) is 5.28. The predicted octanol–water partition coefficient (Wildman–Crippen LogP) is 2.86. The number of likely N-dealkylation sites (tertiary alicyclic amines) is 1. The van der Waals surface area contributed by atoms with Gasteiger partial charge in [0.05, 0.1) is 0 Å². The number of nitrogens with one attached hydrogen (secondary N) is 1. The third-order valence-corrected chi connectivity index (χ3v) is 5.28. The number of aryl methyl sites for hydroxylation is 1. The topological polar surface area (TPSA) is 54.5 Å². The monoisotopic (exact) mass is 331 g/mol. The van der Waals surface area contributed by atoms with Crippen molar-refractivity contribution in [2.24, 2.45) is 5.92 Å². The van der Waals surface area contributed by atoms with E-state index < -0.39 is 0 Å². The van der Waals surface area contributed by atoms with E-state index in [1.807, 2.05) is 19.2 Å². The smallest absolute Gasteiger partial charge is 0.226 e. The van der Waals surface area contributed by atoms with Gasteiger partial charge in [0.2, 0.25) is 5.91 Å². The van der Waals surface area contributed by atoms with E-state index in [1.54, 1.807) is 0 Å². The molecule has 2 aliphatic rings. The number of amides is 1. The van der Waals surface area contributed by atoms with Gasteiger partial charge in [0.25, 0.3) is 0 Å². The van der Waals surface area contributed by atoms with E-state index in [1.165, 1.54) is 6.42 Å². The summed E-state index contributed by atoms with van der Waals surface area (Å²) < 4.78 is 5.41. The quantitative estimate of drug-likeness (QED) is 0.901. The molecule has 0 radical (unpaired) electrons. The summed E-state index contributed by atoms with van der Waals surface area (Å²) in [6, 6.07) is 6.47. The molecule has 5 heteroatoms. The van der Waals surface area contributed by atoms with Crippen molar-refractivity contribution in [3.05, 3.63) is 23.9 Å². The first-order valence-corrected chi connectivity index (χ1v) is 9.30. The van der Waals surface area contributed by atoms with Crippen LogP contribution in [0.3, 0.4) is 0 Å². The van der Waals surface area contributed by atoms with Crippen LogP contribution in [0.2, 0.25) is 0 Å². The number of ether oxygens (including phenoxy) is 1. The molecular weight excluding hydrogens is 302 g/mol. The Morgan fingerprint density at radius 2 is 2.12 bits per heavy atom. The van der Waals surface area contributed by atoms with Gasteiger partial charge in [-0.3, -0.25) is 4.79 Å². The summed E-state index contributed by atoms with van der Waals surface area (Å²) in [4.78, 5) is 19.7. The zero-order valence-electron chi connectivity index (χ0n) is 14.7. The summed E-state index contributed by atoms with van der Waals surface area (Å²) in [6.45, 7) is 2.39. The van der Waals surface area contributed by atoms with Gasteiger partial charge in [-0.15, -0.1) is 0 Å². The van der Waals surface area contributed by atoms with Crippen LogP contribution >= 0.6 is 0 Å². The van der Waals surface area contributed by atoms with Crippen LogP contribution in [0.1, 0.15) is 44.2 Å². The van der Waals surface area contributed by atoms with Crippen LogP contribution in [0, 0.1) is 5.92 Å². The number of piperidine rings is 1. The number of carbonyl (C=O) groups is 1. The Morgan fingerprint density at radius 3 is 2.92 bits per heavy atom. The van der Waals surface area contributed by atoms with Crippen LogP contribution in [-0.4, -0.2) is 48.6 Å². The van der Waals surface area contributed by atoms with Gasteiger partial charge in [-0.1, -0.05) is 6.07 Å². The number of rotatable bonds is 5. The lowest BCUT2D eigenvalue weighted by Gasteiger charge is -2.38. The Hall–Kier alpha value is -1.62. The van der Waals surface area contributed by atoms with E-state index in [2.05, 4.69) is 21.3 Å². The first-order chi connectivity index (χ1) is 11.8. The average Bonchev–Trinajstić information content (AvgIpc) is 2.67. The van der Waals surface area contributed by atoms with Crippen molar-refractivity contribution in [3.8, 4) is 0 Å². The number of hydrogen-bond acceptors (Lipinski definition) is 4. The first-order valence-electron chi connectivity index (χ1n) is 9.30. The molecule has 0 aliphatic carbocycles. The molecule has 3 rings (SSSR count). The van der Waals surface area contributed by atoms with Crippen LogP contribution in [-0.2, 0) is 16.0 Å². The molecule has 5 nitrogen and oxygen atoms in total. The lowest BCUT2D eigenvalue weighted by molar-refractivity contribution is -0.142. The minimum atomic E-state index is 0.171. The summed E-state index contributed by atoms with van der Waals surface area (Å²) in [5.41, 5.74) is 1.10. The molecule has 132 valence electrons. The second-order valence-corrected chi connectivity index (χ2v) is 6.87. The highest BCUT2D eigenvalue weighted by Crippen LogP contribution is 2.26. The third kappa shape index (κ3) is 4.26. The number of hydrogen-bond donors (Lipinski definition) is 1. The Bertz CT molecular complexity index is 543. The van der Waals surface area contributed by atoms with Crippen molar-refractivity contribution >= 4 is 11.7 Å². The van der Waals surface area contributed by atoms with E-state index >= 15 is 0 Å². The molecule has 2 fully saturated rings. The second kappa shape index (κ2) is 8.47. The Morgan fingerprint density at radius 1 is 1.29 bits per heavy atom. The Labute approximate surface area is 144 Å². The summed E-state index contributed by atoms with van der Waals surface area (Å²) in [7, 11) is 1.89. The van der Waals surface area contributed by atoms with Crippen molar-refractivity contribution in [1.29, 1.82) is 0 Å². The number of anilines is 1. The maximum Gasteiger partial charge on any atom is 0.226 e. The molecule has 2 aliphatic heterocycles. The van der Waals surface area contributed by atoms with Crippen molar-refractivity contribution in [3.63, 3.8) is 0 Å². The van der Waals surface area contributed by atoms with Crippen LogP contribution in [0.25, 0.3) is 0 Å². The molecule has 1 N–H and O–H groups in total. The van der Waals surface area contributed by atoms with Crippen molar-refractivity contribution in [1.82, 2.24) is 9.88 Å². The highest BCUT2D eigenvalue weighted by Gasteiger charge is 2.32. The molecule has 1 atom stereocenters. The van der Waals surface area contributed by atoms with Crippen LogP contribution in [0.15, 0.2) is 18.2 Å². The molecule has 1 unspecified atom stereocenters. The molecule has 3 heterocycles. The average molecular weight is 331 g/mol. The van der Waals surface area contributed by atoms with Gasteiger partial charge >= 0.3 is 0 Å². The zero-order chi connectivity index (χ0) is 16.8. The summed E-state index contributed by atoms with van der Waals surface area (Å²) in [6.07, 6.45) is 7.19. The molecule has 0 spiro atoms. The molecule has 1 amide bonds. The summed E-state index contributed by atoms with van der Waals surface area (Å²) in [5.74, 6) is 1.44. The first kappa shape index (κ1) is 17.2. The fraction of sp³-hybridized carbons (Fsp3) is 0.684. The summed E-state index contributed by atoms with van der Waals surface area (Å²) in [5, 5.41) is 3.09. The minimum Gasteiger partial charge on any atom is -0.381 e. The number of pyridine rings is 1. The fourth-order valence-electron chi connectivity index (χ4n) is 3.84. The van der Waals surface area contributed by atoms with Crippen LogP contribution in [0.5, 0.6) is 0 Å². The van der Waals surface area contributed by atoms with Gasteiger partial charge in [0, 0.05) is 44.5 Å². The molecule has 1 aromatic rings. The van der Waals surface area contributed by atoms with Crippen molar-refractivity contribution < 1.29 is 9.53 Å². The molecule has 1 aromatic heterocycles. The van der Waals surface area contributed by atoms with Gasteiger partial charge in [-0.25, -0.2) is 4.98 Å². The van der Waals surface area contributed by atoms with Gasteiger partial charge in [0.15, 0.2) is 0 Å². The van der Waals surface area contributed by atoms with E-state index in [4.69, 9.17) is 4.74 Å². The highest BCUT2D eigenvalue weighted by atomic mass is 16.5. The molecular formula is C19H29N3O2. The van der Waals surface area contributed by atoms with Crippen molar-refractivity contribution in [2.75, 3.05) is 32.1 Å². The van der Waals surface area contributed by atoms with Gasteiger partial charge in [-0.2, -0.15) is 0 Å². The van der Waals surface area contributed by atoms with E-state index in [9.17, 15) is 4.79 Å². The van der Waals surface area contributed by atoms with Gasteiger partial charge in [-0.05, 0) is 57.1 Å².